The van der Waals surface area contributed by atoms with Crippen LogP contribution < -0.4 is 33.2 Å². The Labute approximate surface area is 173 Å². The van der Waals surface area contributed by atoms with Crippen LogP contribution in [0.1, 0.15) is 40.0 Å². The van der Waals surface area contributed by atoms with Crippen LogP contribution in [0.25, 0.3) is 0 Å². The number of primary amides is 2. The predicted octanol–water partition coefficient (Wildman–Crippen LogP) is -3.33. The lowest BCUT2D eigenvalue weighted by atomic mass is 10.0. The Morgan fingerprint density at radius 3 is 1.70 bits per heavy atom. The highest BCUT2D eigenvalue weighted by Gasteiger charge is 2.31. The number of carboxylic acid groups (broad SMARTS) is 1. The molecule has 0 saturated heterocycles. The number of nitrogens with one attached hydrogen (secondary N) is 3. The van der Waals surface area contributed by atoms with E-state index in [2.05, 4.69) is 16.0 Å². The first-order valence-corrected chi connectivity index (χ1v) is 9.22. The smallest absolute Gasteiger partial charge is 0.326 e. The van der Waals surface area contributed by atoms with Crippen LogP contribution in [0.5, 0.6) is 0 Å². The highest BCUT2D eigenvalue weighted by atomic mass is 16.4. The van der Waals surface area contributed by atoms with Gasteiger partial charge in [-0.3, -0.25) is 24.0 Å². The molecule has 0 spiro atoms. The van der Waals surface area contributed by atoms with Gasteiger partial charge in [0.05, 0.1) is 12.5 Å². The zero-order valence-corrected chi connectivity index (χ0v) is 17.1. The first-order valence-electron chi connectivity index (χ1n) is 9.22. The summed E-state index contributed by atoms with van der Waals surface area (Å²) in [7, 11) is 0. The van der Waals surface area contributed by atoms with Gasteiger partial charge in [0.15, 0.2) is 0 Å². The Hall–Kier alpha value is -3.22. The molecule has 30 heavy (non-hydrogen) atoms. The molecule has 5 amide bonds. The lowest BCUT2D eigenvalue weighted by Crippen LogP contribution is -2.58. The van der Waals surface area contributed by atoms with E-state index in [0.717, 1.165) is 0 Å². The molecule has 13 heteroatoms. The fourth-order valence-electron chi connectivity index (χ4n) is 2.31. The first-order chi connectivity index (χ1) is 13.8. The van der Waals surface area contributed by atoms with E-state index in [1.807, 2.05) is 0 Å². The second kappa shape index (κ2) is 12.4. The average Bonchev–Trinajstić information content (AvgIpc) is 2.60. The van der Waals surface area contributed by atoms with Gasteiger partial charge in [-0.2, -0.15) is 0 Å². The van der Waals surface area contributed by atoms with E-state index in [0.29, 0.717) is 0 Å². The van der Waals surface area contributed by atoms with Gasteiger partial charge in [-0.25, -0.2) is 4.79 Å². The van der Waals surface area contributed by atoms with E-state index in [1.165, 1.54) is 6.92 Å². The molecule has 0 saturated carbocycles. The molecule has 10 N–H and O–H groups in total. The van der Waals surface area contributed by atoms with Crippen molar-refractivity contribution in [3.8, 4) is 0 Å². The molecule has 0 heterocycles. The summed E-state index contributed by atoms with van der Waals surface area (Å²) in [6.45, 7) is 4.50. The van der Waals surface area contributed by atoms with E-state index in [9.17, 15) is 33.9 Å². The number of nitrogens with two attached hydrogens (primary N) is 3. The number of amides is 5. The summed E-state index contributed by atoms with van der Waals surface area (Å²) in [5.74, 6) is -5.95. The van der Waals surface area contributed by atoms with Crippen LogP contribution in [-0.4, -0.2) is 64.8 Å². The number of hydrogen-bond acceptors (Lipinski definition) is 7. The summed E-state index contributed by atoms with van der Waals surface area (Å²) in [4.78, 5) is 70.6. The number of carbonyl (C=O) groups is 6. The third-order valence-electron chi connectivity index (χ3n) is 3.99. The molecule has 0 bridgehead atoms. The van der Waals surface area contributed by atoms with Crippen LogP contribution >= 0.6 is 0 Å². The van der Waals surface area contributed by atoms with Crippen LogP contribution in [0.15, 0.2) is 0 Å². The number of carbonyl (C=O) groups excluding carboxylic acids is 5. The third-order valence-corrected chi connectivity index (χ3v) is 3.99. The monoisotopic (exact) mass is 430 g/mol. The molecule has 0 fully saturated rings. The Balaban J connectivity index is 5.51. The topological polar surface area (TPSA) is 237 Å². The molecule has 4 atom stereocenters. The van der Waals surface area contributed by atoms with Gasteiger partial charge in [0, 0.05) is 6.42 Å². The molecule has 0 aromatic heterocycles. The van der Waals surface area contributed by atoms with E-state index in [1.54, 1.807) is 13.8 Å². The summed E-state index contributed by atoms with van der Waals surface area (Å²) >= 11 is 0. The molecule has 0 aliphatic heterocycles. The Bertz CT molecular complexity index is 680. The molecule has 0 aliphatic carbocycles. The van der Waals surface area contributed by atoms with Gasteiger partial charge in [-0.1, -0.05) is 13.8 Å². The summed E-state index contributed by atoms with van der Waals surface area (Å²) in [5, 5.41) is 16.0. The standard InChI is InChI=1S/C17H30N6O7/c1-7(2)13(17(29)30)23-15(27)9(4-5-11(19)24)21-16(28)10(6-12(20)25)22-14(26)8(3)18/h7-10,13H,4-6,18H2,1-3H3,(H2,19,24)(H2,20,25)(H,21,28)(H,22,26)(H,23,27)(H,29,30). The van der Waals surface area contributed by atoms with E-state index < -0.39 is 72.0 Å². The van der Waals surface area contributed by atoms with Gasteiger partial charge in [0.1, 0.15) is 18.1 Å². The van der Waals surface area contributed by atoms with Gasteiger partial charge >= 0.3 is 5.97 Å². The van der Waals surface area contributed by atoms with Crippen molar-refractivity contribution in [2.75, 3.05) is 0 Å². The summed E-state index contributed by atoms with van der Waals surface area (Å²) in [6.07, 6.45) is -1.09. The zero-order valence-electron chi connectivity index (χ0n) is 17.1. The van der Waals surface area contributed by atoms with Crippen molar-refractivity contribution in [3.63, 3.8) is 0 Å². The quantitative estimate of drug-likeness (QED) is 0.155. The molecule has 0 radical (unpaired) electrons. The first kappa shape index (κ1) is 26.8. The molecular formula is C17H30N6O7. The van der Waals surface area contributed by atoms with Crippen LogP contribution in [0.2, 0.25) is 0 Å². The van der Waals surface area contributed by atoms with Crippen molar-refractivity contribution in [2.45, 2.75) is 64.2 Å². The van der Waals surface area contributed by atoms with E-state index >= 15 is 0 Å². The molecule has 0 aliphatic rings. The molecule has 0 rings (SSSR count). The average molecular weight is 430 g/mol. The largest absolute Gasteiger partial charge is 0.480 e. The number of hydrogen-bond donors (Lipinski definition) is 7. The van der Waals surface area contributed by atoms with Gasteiger partial charge in [0.2, 0.25) is 29.5 Å². The maximum absolute atomic E-state index is 12.6. The van der Waals surface area contributed by atoms with Gasteiger partial charge < -0.3 is 38.3 Å². The minimum atomic E-state index is -1.43. The highest BCUT2D eigenvalue weighted by molar-refractivity contribution is 5.96. The second-order valence-electron chi connectivity index (χ2n) is 7.15. The van der Waals surface area contributed by atoms with Crippen LogP contribution in [0.3, 0.4) is 0 Å². The van der Waals surface area contributed by atoms with Crippen LogP contribution in [0.4, 0.5) is 0 Å². The number of rotatable bonds is 13. The van der Waals surface area contributed by atoms with Gasteiger partial charge in [-0.15, -0.1) is 0 Å². The number of aliphatic carboxylic acids is 1. The third kappa shape index (κ3) is 9.82. The SMILES string of the molecule is CC(N)C(=O)NC(CC(N)=O)C(=O)NC(CCC(N)=O)C(=O)NC(C(=O)O)C(C)C. The van der Waals surface area contributed by atoms with Crippen molar-refractivity contribution in [3.05, 3.63) is 0 Å². The van der Waals surface area contributed by atoms with Crippen molar-refractivity contribution in [2.24, 2.45) is 23.1 Å². The van der Waals surface area contributed by atoms with E-state index in [-0.39, 0.29) is 12.8 Å². The van der Waals surface area contributed by atoms with Crippen molar-refractivity contribution >= 4 is 35.5 Å². The van der Waals surface area contributed by atoms with Crippen molar-refractivity contribution in [1.82, 2.24) is 16.0 Å². The minimum absolute atomic E-state index is 0.234. The van der Waals surface area contributed by atoms with Crippen molar-refractivity contribution < 1.29 is 33.9 Å². The normalized spacial score (nSPS) is 14.7. The van der Waals surface area contributed by atoms with Gasteiger partial charge in [0.25, 0.3) is 0 Å². The van der Waals surface area contributed by atoms with E-state index in [4.69, 9.17) is 17.2 Å². The predicted molar refractivity (Wildman–Crippen MR) is 104 cm³/mol. The van der Waals surface area contributed by atoms with Crippen molar-refractivity contribution in [1.29, 1.82) is 0 Å². The summed E-state index contributed by atoms with van der Waals surface area (Å²) in [6, 6.07) is -5.01. The molecule has 4 unspecified atom stereocenters. The highest BCUT2D eigenvalue weighted by Crippen LogP contribution is 2.06. The fourth-order valence-corrected chi connectivity index (χ4v) is 2.31. The fraction of sp³-hybridized carbons (Fsp3) is 0.647. The summed E-state index contributed by atoms with van der Waals surface area (Å²) in [5.41, 5.74) is 15.6. The minimum Gasteiger partial charge on any atom is -0.480 e. The van der Waals surface area contributed by atoms with Gasteiger partial charge in [-0.05, 0) is 19.3 Å². The number of carboxylic acids is 1. The Morgan fingerprint density at radius 2 is 1.30 bits per heavy atom. The lowest BCUT2D eigenvalue weighted by molar-refractivity contribution is -0.143. The Kier molecular flexibility index (Phi) is 11.0. The van der Waals surface area contributed by atoms with Crippen LogP contribution in [0, 0.1) is 5.92 Å². The molecule has 0 aromatic carbocycles. The second-order valence-corrected chi connectivity index (χ2v) is 7.15. The van der Waals surface area contributed by atoms with Crippen LogP contribution in [-0.2, 0) is 28.8 Å². The molecule has 0 aromatic rings. The lowest BCUT2D eigenvalue weighted by Gasteiger charge is -2.25. The maximum atomic E-state index is 12.6. The Morgan fingerprint density at radius 1 is 0.800 bits per heavy atom. The zero-order chi connectivity index (χ0) is 23.6. The summed E-state index contributed by atoms with van der Waals surface area (Å²) < 4.78 is 0. The maximum Gasteiger partial charge on any atom is 0.326 e. The molecule has 13 nitrogen and oxygen atoms in total. The molecule has 170 valence electrons. The molecular weight excluding hydrogens is 400 g/mol.